The van der Waals surface area contributed by atoms with Crippen LogP contribution in [0.1, 0.15) is 30.9 Å². The largest absolute Gasteiger partial charge is 0.242 e. The van der Waals surface area contributed by atoms with Gasteiger partial charge in [0, 0.05) is 14.1 Å². The molecule has 0 saturated heterocycles. The van der Waals surface area contributed by atoms with Gasteiger partial charge in [-0.25, -0.2) is 12.7 Å². The first-order valence-corrected chi connectivity index (χ1v) is 6.74. The van der Waals surface area contributed by atoms with Crippen molar-refractivity contribution >= 4 is 10.0 Å². The van der Waals surface area contributed by atoms with E-state index < -0.39 is 10.0 Å². The van der Waals surface area contributed by atoms with Crippen molar-refractivity contribution in [3.05, 3.63) is 29.3 Å². The van der Waals surface area contributed by atoms with Gasteiger partial charge in [0.1, 0.15) is 0 Å². The van der Waals surface area contributed by atoms with Crippen LogP contribution in [0.15, 0.2) is 23.1 Å². The van der Waals surface area contributed by atoms with Gasteiger partial charge in [0.25, 0.3) is 0 Å². The summed E-state index contributed by atoms with van der Waals surface area (Å²) in [4.78, 5) is 0.406. The van der Waals surface area contributed by atoms with Crippen LogP contribution in [0, 0.1) is 6.92 Å². The fourth-order valence-electron chi connectivity index (χ4n) is 1.45. The molecule has 0 unspecified atom stereocenters. The molecule has 1 rings (SSSR count). The molecule has 1 aromatic rings. The molecule has 0 radical (unpaired) electrons. The van der Waals surface area contributed by atoms with Crippen molar-refractivity contribution in [3.8, 4) is 0 Å². The average Bonchev–Trinajstić information content (AvgIpc) is 2.17. The molecule has 16 heavy (non-hydrogen) atoms. The van der Waals surface area contributed by atoms with Gasteiger partial charge < -0.3 is 0 Å². The minimum Gasteiger partial charge on any atom is -0.207 e. The summed E-state index contributed by atoms with van der Waals surface area (Å²) in [6.07, 6.45) is 0. The summed E-state index contributed by atoms with van der Waals surface area (Å²) in [6, 6.07) is 5.62. The Bertz CT molecular complexity index is 476. The van der Waals surface area contributed by atoms with E-state index in [2.05, 4.69) is 13.8 Å². The molecule has 0 atom stereocenters. The fraction of sp³-hybridized carbons (Fsp3) is 0.500. The molecule has 0 N–H and O–H groups in total. The van der Waals surface area contributed by atoms with Crippen molar-refractivity contribution in [2.75, 3.05) is 14.1 Å². The molecule has 90 valence electrons. The maximum absolute atomic E-state index is 12.1. The third-order valence-corrected chi connectivity index (χ3v) is 4.59. The Labute approximate surface area is 98.1 Å². The van der Waals surface area contributed by atoms with Gasteiger partial charge in [-0.15, -0.1) is 0 Å². The van der Waals surface area contributed by atoms with Crippen LogP contribution in [0.4, 0.5) is 0 Å². The van der Waals surface area contributed by atoms with E-state index in [4.69, 9.17) is 0 Å². The summed E-state index contributed by atoms with van der Waals surface area (Å²) in [5, 5.41) is 0. The lowest BCUT2D eigenvalue weighted by atomic mass is 10.0. The molecule has 0 fully saturated rings. The predicted molar refractivity (Wildman–Crippen MR) is 66.1 cm³/mol. The fourth-order valence-corrected chi connectivity index (χ4v) is 2.60. The number of aryl methyl sites for hydroxylation is 1. The number of sulfonamides is 1. The lowest BCUT2D eigenvalue weighted by molar-refractivity contribution is 0.520. The smallest absolute Gasteiger partial charge is 0.207 e. The van der Waals surface area contributed by atoms with Gasteiger partial charge in [-0.3, -0.25) is 0 Å². The quantitative estimate of drug-likeness (QED) is 0.814. The van der Waals surface area contributed by atoms with Crippen molar-refractivity contribution in [2.24, 2.45) is 0 Å². The minimum absolute atomic E-state index is 0.330. The molecule has 0 spiro atoms. The highest BCUT2D eigenvalue weighted by Crippen LogP contribution is 2.23. The van der Waals surface area contributed by atoms with E-state index in [0.29, 0.717) is 10.8 Å². The van der Waals surface area contributed by atoms with E-state index in [1.54, 1.807) is 20.2 Å². The van der Waals surface area contributed by atoms with Crippen molar-refractivity contribution in [1.29, 1.82) is 0 Å². The Kier molecular flexibility index (Phi) is 3.76. The molecule has 0 amide bonds. The Hall–Kier alpha value is -0.870. The molecular weight excluding hydrogens is 222 g/mol. The topological polar surface area (TPSA) is 37.4 Å². The highest BCUT2D eigenvalue weighted by atomic mass is 32.2. The number of hydrogen-bond acceptors (Lipinski definition) is 2. The van der Waals surface area contributed by atoms with Crippen LogP contribution in [0.25, 0.3) is 0 Å². The van der Waals surface area contributed by atoms with Crippen molar-refractivity contribution < 1.29 is 8.42 Å². The Morgan fingerprint density at radius 1 is 1.19 bits per heavy atom. The number of nitrogens with zero attached hydrogens (tertiary/aromatic N) is 1. The Balaban J connectivity index is 3.39. The molecular formula is C12H19NO2S. The molecule has 0 saturated carbocycles. The molecule has 0 bridgehead atoms. The minimum atomic E-state index is -3.33. The van der Waals surface area contributed by atoms with Gasteiger partial charge in [-0.1, -0.05) is 26.0 Å². The van der Waals surface area contributed by atoms with Gasteiger partial charge in [0.05, 0.1) is 4.90 Å². The second kappa shape index (κ2) is 4.55. The third-order valence-electron chi connectivity index (χ3n) is 2.64. The molecule has 4 heteroatoms. The molecule has 0 aliphatic heterocycles. The first-order chi connectivity index (χ1) is 7.26. The van der Waals surface area contributed by atoms with E-state index >= 15 is 0 Å². The van der Waals surface area contributed by atoms with E-state index in [1.165, 1.54) is 4.31 Å². The zero-order valence-corrected chi connectivity index (χ0v) is 11.3. The van der Waals surface area contributed by atoms with Crippen LogP contribution in [-0.2, 0) is 10.0 Å². The summed E-state index contributed by atoms with van der Waals surface area (Å²) in [6.45, 7) is 5.92. The summed E-state index contributed by atoms with van der Waals surface area (Å²) in [5.74, 6) is 0.330. The maximum Gasteiger partial charge on any atom is 0.242 e. The van der Waals surface area contributed by atoms with E-state index in [1.807, 2.05) is 19.1 Å². The zero-order valence-electron chi connectivity index (χ0n) is 10.5. The van der Waals surface area contributed by atoms with Crippen molar-refractivity contribution in [3.63, 3.8) is 0 Å². The first-order valence-electron chi connectivity index (χ1n) is 5.30. The number of rotatable bonds is 3. The second-order valence-corrected chi connectivity index (χ2v) is 6.59. The Morgan fingerprint density at radius 3 is 2.19 bits per heavy atom. The summed E-state index contributed by atoms with van der Waals surface area (Å²) >= 11 is 0. The Morgan fingerprint density at radius 2 is 1.75 bits per heavy atom. The number of benzene rings is 1. The maximum atomic E-state index is 12.1. The van der Waals surface area contributed by atoms with E-state index in [9.17, 15) is 8.42 Å². The average molecular weight is 241 g/mol. The van der Waals surface area contributed by atoms with Crippen molar-refractivity contribution in [2.45, 2.75) is 31.6 Å². The van der Waals surface area contributed by atoms with Crippen LogP contribution >= 0.6 is 0 Å². The predicted octanol–water partition coefficient (Wildman–Crippen LogP) is 2.37. The lowest BCUT2D eigenvalue weighted by Gasteiger charge is -2.15. The van der Waals surface area contributed by atoms with Crippen LogP contribution < -0.4 is 0 Å². The standard InChI is InChI=1S/C12H19NO2S/c1-9(2)11-7-6-10(3)12(8-11)16(14,15)13(4)5/h6-9H,1-5H3. The zero-order chi connectivity index (χ0) is 12.5. The van der Waals surface area contributed by atoms with Crippen LogP contribution in [-0.4, -0.2) is 26.8 Å². The number of hydrogen-bond donors (Lipinski definition) is 0. The summed E-state index contributed by atoms with van der Waals surface area (Å²) < 4.78 is 25.4. The molecule has 3 nitrogen and oxygen atoms in total. The first kappa shape index (κ1) is 13.2. The van der Waals surface area contributed by atoms with Gasteiger partial charge >= 0.3 is 0 Å². The third kappa shape index (κ3) is 2.44. The van der Waals surface area contributed by atoms with Gasteiger partial charge in [-0.05, 0) is 30.0 Å². The molecule has 1 aromatic carbocycles. The normalized spacial score (nSPS) is 12.4. The molecule has 0 aliphatic carbocycles. The van der Waals surface area contributed by atoms with Crippen LogP contribution in [0.5, 0.6) is 0 Å². The SMILES string of the molecule is Cc1ccc(C(C)C)cc1S(=O)(=O)N(C)C. The summed E-state index contributed by atoms with van der Waals surface area (Å²) in [7, 11) is -0.225. The molecule has 0 aromatic heterocycles. The van der Waals surface area contributed by atoms with Gasteiger partial charge in [-0.2, -0.15) is 0 Å². The van der Waals surface area contributed by atoms with E-state index in [0.717, 1.165) is 11.1 Å². The van der Waals surface area contributed by atoms with Gasteiger partial charge in [0.15, 0.2) is 0 Å². The van der Waals surface area contributed by atoms with E-state index in [-0.39, 0.29) is 0 Å². The van der Waals surface area contributed by atoms with Crippen molar-refractivity contribution in [1.82, 2.24) is 4.31 Å². The monoisotopic (exact) mass is 241 g/mol. The van der Waals surface area contributed by atoms with Crippen LogP contribution in [0.2, 0.25) is 0 Å². The lowest BCUT2D eigenvalue weighted by Crippen LogP contribution is -2.23. The molecule has 0 heterocycles. The van der Waals surface area contributed by atoms with Gasteiger partial charge in [0.2, 0.25) is 10.0 Å². The second-order valence-electron chi connectivity index (χ2n) is 4.47. The molecule has 0 aliphatic rings. The van der Waals surface area contributed by atoms with Crippen LogP contribution in [0.3, 0.4) is 0 Å². The highest BCUT2D eigenvalue weighted by molar-refractivity contribution is 7.89. The summed E-state index contributed by atoms with van der Waals surface area (Å²) in [5.41, 5.74) is 1.84. The highest BCUT2D eigenvalue weighted by Gasteiger charge is 2.20.